The number of nitrogens with one attached hydrogen (secondary N) is 2. The molecule has 130 valence electrons. The summed E-state index contributed by atoms with van der Waals surface area (Å²) in [5.41, 5.74) is 1.22. The van der Waals surface area contributed by atoms with Crippen LogP contribution in [0.3, 0.4) is 0 Å². The van der Waals surface area contributed by atoms with Gasteiger partial charge in [0.15, 0.2) is 5.96 Å². The molecule has 0 radical (unpaired) electrons. The summed E-state index contributed by atoms with van der Waals surface area (Å²) in [5.74, 6) is 0.383. The average Bonchev–Trinajstić information content (AvgIpc) is 2.48. The number of hydrogen-bond acceptors (Lipinski definition) is 2. The lowest BCUT2D eigenvalue weighted by Crippen LogP contribution is -2.46. The van der Waals surface area contributed by atoms with Crippen molar-refractivity contribution in [2.45, 2.75) is 25.1 Å². The number of nitrogens with zero attached hydrogens (tertiary/aromatic N) is 2. The van der Waals surface area contributed by atoms with E-state index >= 15 is 0 Å². The van der Waals surface area contributed by atoms with Crippen LogP contribution in [0.15, 0.2) is 35.3 Å². The molecule has 1 unspecified atom stereocenters. The molecule has 1 aromatic rings. The molecule has 0 spiro atoms. The highest BCUT2D eigenvalue weighted by atomic mass is 19.4. The van der Waals surface area contributed by atoms with Gasteiger partial charge >= 0.3 is 6.18 Å². The summed E-state index contributed by atoms with van der Waals surface area (Å²) >= 11 is 0. The standard InChI is InChI=1S/C16H25F3N4/c1-20-15(21-10-9-16(17,18)19)22-12-14(23(2)3)11-13-7-5-4-6-8-13/h4-8,14H,9-12H2,1-3H3,(H2,20,21,22). The van der Waals surface area contributed by atoms with Gasteiger partial charge in [-0.25, -0.2) is 0 Å². The van der Waals surface area contributed by atoms with Crippen molar-refractivity contribution in [1.82, 2.24) is 15.5 Å². The van der Waals surface area contributed by atoms with E-state index in [1.807, 2.05) is 32.3 Å². The summed E-state index contributed by atoms with van der Waals surface area (Å²) in [4.78, 5) is 6.04. The van der Waals surface area contributed by atoms with E-state index in [4.69, 9.17) is 0 Å². The minimum absolute atomic E-state index is 0.186. The fraction of sp³-hybridized carbons (Fsp3) is 0.562. The molecule has 7 heteroatoms. The van der Waals surface area contributed by atoms with E-state index in [0.29, 0.717) is 12.5 Å². The molecule has 0 saturated carbocycles. The second kappa shape index (κ2) is 9.39. The number of halogens is 3. The minimum atomic E-state index is -4.16. The fourth-order valence-electron chi connectivity index (χ4n) is 2.08. The van der Waals surface area contributed by atoms with E-state index in [1.165, 1.54) is 5.56 Å². The van der Waals surface area contributed by atoms with Crippen molar-refractivity contribution in [2.75, 3.05) is 34.2 Å². The first kappa shape index (κ1) is 19.3. The number of likely N-dealkylation sites (N-methyl/N-ethyl adjacent to an activating group) is 1. The van der Waals surface area contributed by atoms with Gasteiger partial charge in [0.25, 0.3) is 0 Å². The Morgan fingerprint density at radius 2 is 1.83 bits per heavy atom. The Morgan fingerprint density at radius 3 is 2.35 bits per heavy atom. The number of guanidine groups is 1. The predicted octanol–water partition coefficient (Wildman–Crippen LogP) is 2.28. The third kappa shape index (κ3) is 8.44. The van der Waals surface area contributed by atoms with Crippen LogP contribution in [0.4, 0.5) is 13.2 Å². The lowest BCUT2D eigenvalue weighted by atomic mass is 10.1. The molecule has 2 N–H and O–H groups in total. The number of alkyl halides is 3. The highest BCUT2D eigenvalue weighted by Crippen LogP contribution is 2.18. The van der Waals surface area contributed by atoms with Gasteiger partial charge in [0.1, 0.15) is 0 Å². The van der Waals surface area contributed by atoms with Gasteiger partial charge in [-0.1, -0.05) is 30.3 Å². The molecular formula is C16H25F3N4. The van der Waals surface area contributed by atoms with Crippen LogP contribution in [0.2, 0.25) is 0 Å². The average molecular weight is 330 g/mol. The zero-order chi connectivity index (χ0) is 17.3. The second-order valence-electron chi connectivity index (χ2n) is 5.55. The van der Waals surface area contributed by atoms with Crippen molar-refractivity contribution in [2.24, 2.45) is 4.99 Å². The van der Waals surface area contributed by atoms with Crippen LogP contribution in [-0.2, 0) is 6.42 Å². The third-order valence-electron chi connectivity index (χ3n) is 3.47. The van der Waals surface area contributed by atoms with Crippen LogP contribution in [-0.4, -0.2) is 57.3 Å². The first-order valence-corrected chi connectivity index (χ1v) is 7.53. The Balaban J connectivity index is 2.47. The van der Waals surface area contributed by atoms with Crippen LogP contribution < -0.4 is 10.6 Å². The summed E-state index contributed by atoms with van der Waals surface area (Å²) in [6, 6.07) is 10.3. The van der Waals surface area contributed by atoms with E-state index in [9.17, 15) is 13.2 Å². The highest BCUT2D eigenvalue weighted by molar-refractivity contribution is 5.79. The lowest BCUT2D eigenvalue weighted by Gasteiger charge is -2.25. The molecule has 0 bridgehead atoms. The van der Waals surface area contributed by atoms with Gasteiger partial charge in [-0.3, -0.25) is 4.99 Å². The molecule has 0 saturated heterocycles. The molecule has 0 amide bonds. The van der Waals surface area contributed by atoms with Crippen molar-refractivity contribution in [3.05, 3.63) is 35.9 Å². The van der Waals surface area contributed by atoms with Crippen molar-refractivity contribution in [3.63, 3.8) is 0 Å². The normalized spacial score (nSPS) is 14.0. The molecule has 4 nitrogen and oxygen atoms in total. The van der Waals surface area contributed by atoms with Crippen molar-refractivity contribution < 1.29 is 13.2 Å². The molecule has 23 heavy (non-hydrogen) atoms. The van der Waals surface area contributed by atoms with Gasteiger partial charge in [0.2, 0.25) is 0 Å². The summed E-state index contributed by atoms with van der Waals surface area (Å²) in [6.45, 7) is 0.405. The van der Waals surface area contributed by atoms with Crippen molar-refractivity contribution in [1.29, 1.82) is 0 Å². The SMILES string of the molecule is CN=C(NCCC(F)(F)F)NCC(Cc1ccccc1)N(C)C. The minimum Gasteiger partial charge on any atom is -0.356 e. The van der Waals surface area contributed by atoms with Gasteiger partial charge in [0.05, 0.1) is 6.42 Å². The van der Waals surface area contributed by atoms with Gasteiger partial charge in [-0.2, -0.15) is 13.2 Å². The molecule has 0 aliphatic rings. The van der Waals surface area contributed by atoms with E-state index in [2.05, 4.69) is 32.7 Å². The van der Waals surface area contributed by atoms with Crippen molar-refractivity contribution >= 4 is 5.96 Å². The topological polar surface area (TPSA) is 39.7 Å². The van der Waals surface area contributed by atoms with E-state index < -0.39 is 12.6 Å². The Hall–Kier alpha value is -1.76. The molecule has 0 heterocycles. The Labute approximate surface area is 135 Å². The van der Waals surface area contributed by atoms with Crippen LogP contribution >= 0.6 is 0 Å². The van der Waals surface area contributed by atoms with Gasteiger partial charge in [-0.15, -0.1) is 0 Å². The zero-order valence-corrected chi connectivity index (χ0v) is 13.8. The van der Waals surface area contributed by atoms with E-state index in [-0.39, 0.29) is 12.6 Å². The molecular weight excluding hydrogens is 305 g/mol. The predicted molar refractivity (Wildman–Crippen MR) is 87.7 cm³/mol. The highest BCUT2D eigenvalue weighted by Gasteiger charge is 2.26. The Bertz CT molecular complexity index is 472. The monoisotopic (exact) mass is 330 g/mol. The first-order chi connectivity index (χ1) is 10.8. The first-order valence-electron chi connectivity index (χ1n) is 7.53. The summed E-state index contributed by atoms with van der Waals surface area (Å²) in [6.07, 6.45) is -4.19. The lowest BCUT2D eigenvalue weighted by molar-refractivity contribution is -0.132. The second-order valence-corrected chi connectivity index (χ2v) is 5.55. The zero-order valence-electron chi connectivity index (χ0n) is 13.8. The van der Waals surface area contributed by atoms with Crippen LogP contribution in [0.25, 0.3) is 0 Å². The third-order valence-corrected chi connectivity index (χ3v) is 3.47. The Kier molecular flexibility index (Phi) is 7.88. The number of benzene rings is 1. The molecule has 0 aliphatic heterocycles. The summed E-state index contributed by atoms with van der Waals surface area (Å²) in [7, 11) is 5.51. The van der Waals surface area contributed by atoms with Crippen LogP contribution in [0.1, 0.15) is 12.0 Å². The van der Waals surface area contributed by atoms with E-state index in [1.54, 1.807) is 7.05 Å². The number of hydrogen-bond donors (Lipinski definition) is 2. The molecule has 1 atom stereocenters. The molecule has 0 fully saturated rings. The van der Waals surface area contributed by atoms with Gasteiger partial charge in [0, 0.05) is 26.2 Å². The Morgan fingerprint density at radius 1 is 1.17 bits per heavy atom. The van der Waals surface area contributed by atoms with Crippen LogP contribution in [0.5, 0.6) is 0 Å². The molecule has 1 aromatic carbocycles. The quantitative estimate of drug-likeness (QED) is 0.595. The smallest absolute Gasteiger partial charge is 0.356 e. The van der Waals surface area contributed by atoms with Gasteiger partial charge in [-0.05, 0) is 26.1 Å². The fourth-order valence-corrected chi connectivity index (χ4v) is 2.08. The van der Waals surface area contributed by atoms with Crippen molar-refractivity contribution in [3.8, 4) is 0 Å². The molecule has 1 rings (SSSR count). The number of rotatable bonds is 7. The van der Waals surface area contributed by atoms with E-state index in [0.717, 1.165) is 6.42 Å². The number of aliphatic imine (C=N–C) groups is 1. The molecule has 0 aliphatic carbocycles. The summed E-state index contributed by atoms with van der Waals surface area (Å²) in [5, 5.41) is 5.77. The van der Waals surface area contributed by atoms with Crippen LogP contribution in [0, 0.1) is 0 Å². The maximum atomic E-state index is 12.2. The summed E-state index contributed by atoms with van der Waals surface area (Å²) < 4.78 is 36.5. The maximum Gasteiger partial charge on any atom is 0.390 e. The largest absolute Gasteiger partial charge is 0.390 e. The molecule has 0 aromatic heterocycles. The maximum absolute atomic E-state index is 12.2. The van der Waals surface area contributed by atoms with Gasteiger partial charge < -0.3 is 15.5 Å².